The average molecular weight is 463 g/mol. The molecule has 1 heterocycles. The topological polar surface area (TPSA) is 88.4 Å². The largest absolute Gasteiger partial charge is 0.455 e. The van der Waals surface area contributed by atoms with Crippen LogP contribution in [0.15, 0.2) is 75.9 Å². The van der Waals surface area contributed by atoms with E-state index in [2.05, 4.69) is 10.0 Å². The number of sulfonamides is 1. The van der Waals surface area contributed by atoms with Crippen LogP contribution in [0.5, 0.6) is 0 Å². The van der Waals surface area contributed by atoms with Crippen LogP contribution < -0.4 is 15.5 Å². The Hall–Kier alpha value is -3.58. The second-order valence-electron chi connectivity index (χ2n) is 8.27. The molecule has 0 radical (unpaired) electrons. The van der Waals surface area contributed by atoms with Gasteiger partial charge in [-0.05, 0) is 44.5 Å². The molecule has 170 valence electrons. The van der Waals surface area contributed by atoms with Gasteiger partial charge in [0.25, 0.3) is 0 Å². The van der Waals surface area contributed by atoms with E-state index in [4.69, 9.17) is 4.42 Å². The minimum atomic E-state index is -3.44. The van der Waals surface area contributed by atoms with Gasteiger partial charge in [0.15, 0.2) is 5.43 Å². The third kappa shape index (κ3) is 4.78. The van der Waals surface area contributed by atoms with Gasteiger partial charge in [0.2, 0.25) is 10.0 Å². The summed E-state index contributed by atoms with van der Waals surface area (Å²) in [7, 11) is -3.44. The molecule has 0 spiro atoms. The second-order valence-corrected chi connectivity index (χ2v) is 10.0. The van der Waals surface area contributed by atoms with Gasteiger partial charge < -0.3 is 9.73 Å². The highest BCUT2D eigenvalue weighted by Crippen LogP contribution is 2.33. The lowest BCUT2D eigenvalue weighted by molar-refractivity contribution is 0.605. The zero-order chi connectivity index (χ0) is 23.8. The summed E-state index contributed by atoms with van der Waals surface area (Å²) in [5.41, 5.74) is 4.68. The monoisotopic (exact) mass is 462 g/mol. The lowest BCUT2D eigenvalue weighted by Crippen LogP contribution is -2.15. The molecule has 6 nitrogen and oxygen atoms in total. The van der Waals surface area contributed by atoms with Crippen LogP contribution in [0.2, 0.25) is 0 Å². The predicted octanol–water partition coefficient (Wildman–Crippen LogP) is 5.62. The minimum Gasteiger partial charge on any atom is -0.455 e. The van der Waals surface area contributed by atoms with Gasteiger partial charge in [0, 0.05) is 16.7 Å². The van der Waals surface area contributed by atoms with Gasteiger partial charge in [-0.15, -0.1) is 0 Å². The summed E-state index contributed by atoms with van der Waals surface area (Å²) >= 11 is 0. The summed E-state index contributed by atoms with van der Waals surface area (Å²) in [4.78, 5) is 13.3. The first-order valence-electron chi connectivity index (χ1n) is 10.6. The molecule has 0 saturated carbocycles. The molecule has 33 heavy (non-hydrogen) atoms. The molecular weight excluding hydrogens is 436 g/mol. The summed E-state index contributed by atoms with van der Waals surface area (Å²) in [6.07, 6.45) is 1.11. The van der Waals surface area contributed by atoms with Crippen molar-refractivity contribution in [2.24, 2.45) is 0 Å². The molecule has 0 fully saturated rings. The lowest BCUT2D eigenvalue weighted by atomic mass is 9.98. The summed E-state index contributed by atoms with van der Waals surface area (Å²) in [6, 6.07) is 20.2. The lowest BCUT2D eigenvalue weighted by Gasteiger charge is -2.20. The standard InChI is InChI=1S/C26H26N2O4S/c1-16-14-20(18(3)27-22-12-8-9-13-23(22)28-33(4,30)31)26-21(15-16)24(29)17(2)25(32-26)19-10-6-5-7-11-19/h5-15,18,27-28H,1-4H3/t18-/m1/s1. The van der Waals surface area contributed by atoms with Crippen LogP contribution in [-0.2, 0) is 10.0 Å². The van der Waals surface area contributed by atoms with E-state index in [1.165, 1.54) is 0 Å². The van der Waals surface area contributed by atoms with Gasteiger partial charge in [-0.2, -0.15) is 0 Å². The van der Waals surface area contributed by atoms with Crippen molar-refractivity contribution in [3.63, 3.8) is 0 Å². The molecule has 7 heteroatoms. The number of hydrogen-bond acceptors (Lipinski definition) is 5. The smallest absolute Gasteiger partial charge is 0.229 e. The SMILES string of the molecule is Cc1cc([C@@H](C)Nc2ccccc2NS(C)(=O)=O)c2oc(-c3ccccc3)c(C)c(=O)c2c1. The summed E-state index contributed by atoms with van der Waals surface area (Å²) in [5, 5.41) is 3.90. The Labute approximate surface area is 193 Å². The number of benzene rings is 3. The molecule has 1 atom stereocenters. The van der Waals surface area contributed by atoms with Crippen LogP contribution in [-0.4, -0.2) is 14.7 Å². The van der Waals surface area contributed by atoms with Crippen molar-refractivity contribution in [1.29, 1.82) is 0 Å². The Morgan fingerprint density at radius 3 is 2.21 bits per heavy atom. The molecule has 0 aliphatic carbocycles. The number of aryl methyl sites for hydroxylation is 1. The van der Waals surface area contributed by atoms with Crippen molar-refractivity contribution in [3.05, 3.63) is 93.6 Å². The van der Waals surface area contributed by atoms with Crippen LogP contribution in [0.4, 0.5) is 11.4 Å². The van der Waals surface area contributed by atoms with E-state index in [1.807, 2.05) is 62.4 Å². The zero-order valence-corrected chi connectivity index (χ0v) is 19.8. The molecule has 0 amide bonds. The average Bonchev–Trinajstić information content (AvgIpc) is 2.77. The van der Waals surface area contributed by atoms with Crippen molar-refractivity contribution >= 4 is 32.4 Å². The van der Waals surface area contributed by atoms with Crippen molar-refractivity contribution in [2.45, 2.75) is 26.8 Å². The molecule has 0 unspecified atom stereocenters. The molecule has 4 rings (SSSR count). The van der Waals surface area contributed by atoms with E-state index in [-0.39, 0.29) is 11.5 Å². The third-order valence-electron chi connectivity index (χ3n) is 5.49. The summed E-state index contributed by atoms with van der Waals surface area (Å²) < 4.78 is 32.5. The van der Waals surface area contributed by atoms with E-state index in [0.29, 0.717) is 33.7 Å². The van der Waals surface area contributed by atoms with E-state index in [9.17, 15) is 13.2 Å². The second kappa shape index (κ2) is 8.75. The van der Waals surface area contributed by atoms with Gasteiger partial charge in [-0.25, -0.2) is 8.42 Å². The number of nitrogens with one attached hydrogen (secondary N) is 2. The number of fused-ring (bicyclic) bond motifs is 1. The number of para-hydroxylation sites is 2. The Balaban J connectivity index is 1.85. The Bertz CT molecular complexity index is 1490. The van der Waals surface area contributed by atoms with Gasteiger partial charge in [-0.1, -0.05) is 48.5 Å². The maximum atomic E-state index is 13.3. The third-order valence-corrected chi connectivity index (χ3v) is 6.08. The van der Waals surface area contributed by atoms with Crippen molar-refractivity contribution in [1.82, 2.24) is 0 Å². The Morgan fingerprint density at radius 2 is 1.55 bits per heavy atom. The van der Waals surface area contributed by atoms with E-state index in [0.717, 1.165) is 22.9 Å². The fourth-order valence-electron chi connectivity index (χ4n) is 3.96. The van der Waals surface area contributed by atoms with Gasteiger partial charge >= 0.3 is 0 Å². The highest BCUT2D eigenvalue weighted by atomic mass is 32.2. The van der Waals surface area contributed by atoms with Crippen LogP contribution in [0.25, 0.3) is 22.3 Å². The fourth-order valence-corrected chi connectivity index (χ4v) is 4.54. The van der Waals surface area contributed by atoms with Crippen LogP contribution >= 0.6 is 0 Å². The van der Waals surface area contributed by atoms with Crippen LogP contribution in [0.3, 0.4) is 0 Å². The van der Waals surface area contributed by atoms with E-state index in [1.54, 1.807) is 25.1 Å². The van der Waals surface area contributed by atoms with Crippen molar-refractivity contribution < 1.29 is 12.8 Å². The highest BCUT2D eigenvalue weighted by Gasteiger charge is 2.19. The zero-order valence-electron chi connectivity index (χ0n) is 19.0. The summed E-state index contributed by atoms with van der Waals surface area (Å²) in [5.74, 6) is 0.546. The van der Waals surface area contributed by atoms with Gasteiger partial charge in [-0.3, -0.25) is 9.52 Å². The number of rotatable bonds is 6. The normalized spacial score (nSPS) is 12.5. The molecular formula is C26H26N2O4S. The van der Waals surface area contributed by atoms with Crippen LogP contribution in [0.1, 0.15) is 29.7 Å². The maximum Gasteiger partial charge on any atom is 0.229 e. The minimum absolute atomic E-state index is 0.0635. The molecule has 0 aliphatic rings. The molecule has 2 N–H and O–H groups in total. The Morgan fingerprint density at radius 1 is 0.909 bits per heavy atom. The summed E-state index contributed by atoms with van der Waals surface area (Å²) in [6.45, 7) is 5.67. The Kier molecular flexibility index (Phi) is 5.99. The van der Waals surface area contributed by atoms with E-state index >= 15 is 0 Å². The molecule has 4 aromatic rings. The quantitative estimate of drug-likeness (QED) is 0.388. The molecule has 0 bridgehead atoms. The van der Waals surface area contributed by atoms with Crippen LogP contribution in [0, 0.1) is 13.8 Å². The maximum absolute atomic E-state index is 13.3. The predicted molar refractivity (Wildman–Crippen MR) is 134 cm³/mol. The molecule has 1 aromatic heterocycles. The van der Waals surface area contributed by atoms with Crippen molar-refractivity contribution in [3.8, 4) is 11.3 Å². The first kappa shape index (κ1) is 22.6. The van der Waals surface area contributed by atoms with Crippen molar-refractivity contribution in [2.75, 3.05) is 16.3 Å². The molecule has 0 saturated heterocycles. The van der Waals surface area contributed by atoms with E-state index < -0.39 is 10.0 Å². The van der Waals surface area contributed by atoms with Gasteiger partial charge in [0.05, 0.1) is 29.1 Å². The fraction of sp³-hybridized carbons (Fsp3) is 0.192. The molecule has 0 aliphatic heterocycles. The number of hydrogen-bond donors (Lipinski definition) is 2. The highest BCUT2D eigenvalue weighted by molar-refractivity contribution is 7.92. The number of anilines is 2. The first-order chi connectivity index (χ1) is 15.6. The molecule has 3 aromatic carbocycles. The first-order valence-corrected chi connectivity index (χ1v) is 12.5. The van der Waals surface area contributed by atoms with Gasteiger partial charge in [0.1, 0.15) is 11.3 Å².